The molecule has 0 fully saturated rings. The van der Waals surface area contributed by atoms with Crippen molar-refractivity contribution in [2.24, 2.45) is 0 Å². The summed E-state index contributed by atoms with van der Waals surface area (Å²) in [5, 5.41) is 12.7. The maximum absolute atomic E-state index is 9.00. The van der Waals surface area contributed by atoms with Gasteiger partial charge in [-0.15, -0.1) is 0 Å². The van der Waals surface area contributed by atoms with E-state index in [-0.39, 0.29) is 6.61 Å². The van der Waals surface area contributed by atoms with Gasteiger partial charge in [-0.1, -0.05) is 11.6 Å². The number of rotatable bonds is 1. The van der Waals surface area contributed by atoms with Crippen LogP contribution in [0.2, 0.25) is 5.02 Å². The van der Waals surface area contributed by atoms with E-state index in [9.17, 15) is 0 Å². The Morgan fingerprint density at radius 1 is 1.46 bits per heavy atom. The smallest absolute Gasteiger partial charge is 0.0696 e. The summed E-state index contributed by atoms with van der Waals surface area (Å²) in [5.74, 6) is 0. The second kappa shape index (κ2) is 3.40. The molecule has 0 saturated carbocycles. The first-order chi connectivity index (χ1) is 6.31. The first-order valence-electron chi connectivity index (χ1n) is 4.13. The molecule has 1 aromatic carbocycles. The van der Waals surface area contributed by atoms with Gasteiger partial charge in [0, 0.05) is 11.6 Å². The molecule has 0 atom stereocenters. The molecule has 0 saturated heterocycles. The van der Waals surface area contributed by atoms with E-state index in [1.807, 2.05) is 24.4 Å². The third-order valence-corrected chi connectivity index (χ3v) is 2.50. The van der Waals surface area contributed by atoms with Crippen LogP contribution >= 0.6 is 11.6 Å². The fourth-order valence-corrected chi connectivity index (χ4v) is 1.66. The molecule has 0 radical (unpaired) electrons. The van der Waals surface area contributed by atoms with Gasteiger partial charge in [-0.2, -0.15) is 0 Å². The lowest BCUT2D eigenvalue weighted by Crippen LogP contribution is -2.10. The molecular formula is C10H10ClNO. The van der Waals surface area contributed by atoms with E-state index in [1.165, 1.54) is 5.56 Å². The van der Waals surface area contributed by atoms with E-state index >= 15 is 0 Å². The summed E-state index contributed by atoms with van der Waals surface area (Å²) in [4.78, 5) is 0. The molecule has 2 N–H and O–H groups in total. The minimum atomic E-state index is -0.00414. The van der Waals surface area contributed by atoms with Crippen LogP contribution in [0.1, 0.15) is 16.7 Å². The fraction of sp³-hybridized carbons (Fsp3) is 0.200. The Labute approximate surface area is 81.8 Å². The van der Waals surface area contributed by atoms with Gasteiger partial charge in [-0.25, -0.2) is 0 Å². The van der Waals surface area contributed by atoms with E-state index in [4.69, 9.17) is 16.7 Å². The molecule has 1 aliphatic rings. The van der Waals surface area contributed by atoms with Crippen LogP contribution in [0.15, 0.2) is 18.3 Å². The number of hydrogen-bond acceptors (Lipinski definition) is 2. The van der Waals surface area contributed by atoms with Crippen molar-refractivity contribution in [3.05, 3.63) is 40.0 Å². The van der Waals surface area contributed by atoms with Crippen molar-refractivity contribution in [1.82, 2.24) is 5.32 Å². The van der Waals surface area contributed by atoms with Crippen LogP contribution in [0.5, 0.6) is 0 Å². The zero-order valence-corrected chi connectivity index (χ0v) is 7.80. The summed E-state index contributed by atoms with van der Waals surface area (Å²) in [5.41, 5.74) is 3.09. The monoisotopic (exact) mass is 195 g/mol. The van der Waals surface area contributed by atoms with E-state index < -0.39 is 0 Å². The van der Waals surface area contributed by atoms with Crippen molar-refractivity contribution in [3.8, 4) is 0 Å². The summed E-state index contributed by atoms with van der Waals surface area (Å²) >= 11 is 5.95. The number of fused-ring (bicyclic) bond motifs is 1. The van der Waals surface area contributed by atoms with Crippen LogP contribution in [0.3, 0.4) is 0 Å². The van der Waals surface area contributed by atoms with Gasteiger partial charge in [0.2, 0.25) is 0 Å². The van der Waals surface area contributed by atoms with Crippen LogP contribution in [0.25, 0.3) is 6.08 Å². The molecule has 0 amide bonds. The molecule has 3 heteroatoms. The molecule has 68 valence electrons. The lowest BCUT2D eigenvalue weighted by atomic mass is 10.0. The van der Waals surface area contributed by atoms with Gasteiger partial charge in [0.25, 0.3) is 0 Å². The summed E-state index contributed by atoms with van der Waals surface area (Å²) in [7, 11) is 0. The van der Waals surface area contributed by atoms with Crippen molar-refractivity contribution in [1.29, 1.82) is 0 Å². The maximum Gasteiger partial charge on any atom is 0.0696 e. The van der Waals surface area contributed by atoms with Gasteiger partial charge in [0.15, 0.2) is 0 Å². The van der Waals surface area contributed by atoms with Crippen LogP contribution in [-0.2, 0) is 13.2 Å². The second-order valence-corrected chi connectivity index (χ2v) is 3.42. The molecule has 1 aliphatic heterocycles. The zero-order valence-electron chi connectivity index (χ0n) is 7.05. The molecule has 0 aromatic heterocycles. The van der Waals surface area contributed by atoms with Gasteiger partial charge in [0.1, 0.15) is 0 Å². The maximum atomic E-state index is 9.00. The molecular weight excluding hydrogens is 186 g/mol. The zero-order chi connectivity index (χ0) is 9.26. The van der Waals surface area contributed by atoms with E-state index in [0.29, 0.717) is 5.02 Å². The third kappa shape index (κ3) is 1.55. The summed E-state index contributed by atoms with van der Waals surface area (Å²) < 4.78 is 0. The largest absolute Gasteiger partial charge is 0.392 e. The standard InChI is InChI=1S/C10H10ClNO/c11-10-4-7-1-2-12-5-8(7)3-9(10)6-13/h1-4,12-13H,5-6H2. The number of aliphatic hydroxyl groups excluding tert-OH is 1. The van der Waals surface area contributed by atoms with Gasteiger partial charge >= 0.3 is 0 Å². The van der Waals surface area contributed by atoms with Gasteiger partial charge in [-0.3, -0.25) is 0 Å². The Bertz CT molecular complexity index is 360. The molecule has 1 aromatic rings. The highest BCUT2D eigenvalue weighted by Crippen LogP contribution is 2.24. The van der Waals surface area contributed by atoms with Gasteiger partial charge in [-0.05, 0) is 41.1 Å². The third-order valence-electron chi connectivity index (χ3n) is 2.15. The van der Waals surface area contributed by atoms with E-state index in [1.54, 1.807) is 0 Å². The predicted molar refractivity (Wildman–Crippen MR) is 53.2 cm³/mol. The van der Waals surface area contributed by atoms with Crippen LogP contribution in [-0.4, -0.2) is 5.11 Å². The number of benzene rings is 1. The van der Waals surface area contributed by atoms with Crippen molar-refractivity contribution < 1.29 is 5.11 Å². The lowest BCUT2D eigenvalue weighted by molar-refractivity contribution is 0.282. The molecule has 0 aliphatic carbocycles. The Hall–Kier alpha value is -0.990. The Morgan fingerprint density at radius 2 is 2.31 bits per heavy atom. The molecule has 0 bridgehead atoms. The number of hydrogen-bond donors (Lipinski definition) is 2. The first-order valence-corrected chi connectivity index (χ1v) is 4.51. The van der Waals surface area contributed by atoms with Crippen molar-refractivity contribution in [2.45, 2.75) is 13.2 Å². The van der Waals surface area contributed by atoms with Crippen molar-refractivity contribution >= 4 is 17.7 Å². The van der Waals surface area contributed by atoms with Crippen LogP contribution in [0, 0.1) is 0 Å². The molecule has 1 heterocycles. The summed E-state index contributed by atoms with van der Waals surface area (Å²) in [6.07, 6.45) is 3.88. The number of halogens is 1. The van der Waals surface area contributed by atoms with Gasteiger partial charge < -0.3 is 10.4 Å². The minimum Gasteiger partial charge on any atom is -0.392 e. The van der Waals surface area contributed by atoms with Crippen molar-refractivity contribution in [3.63, 3.8) is 0 Å². The molecule has 0 unspecified atom stereocenters. The average Bonchev–Trinajstić information content (AvgIpc) is 2.17. The highest BCUT2D eigenvalue weighted by atomic mass is 35.5. The molecule has 2 rings (SSSR count). The summed E-state index contributed by atoms with van der Waals surface area (Å²) in [6, 6.07) is 3.83. The van der Waals surface area contributed by atoms with E-state index in [2.05, 4.69) is 5.32 Å². The Morgan fingerprint density at radius 3 is 3.08 bits per heavy atom. The first kappa shape index (κ1) is 8.60. The molecule has 0 spiro atoms. The highest BCUT2D eigenvalue weighted by molar-refractivity contribution is 6.31. The lowest BCUT2D eigenvalue weighted by Gasteiger charge is -2.14. The summed E-state index contributed by atoms with van der Waals surface area (Å²) in [6.45, 7) is 0.797. The van der Waals surface area contributed by atoms with Crippen LogP contribution < -0.4 is 5.32 Å². The quantitative estimate of drug-likeness (QED) is 0.718. The normalized spacial score (nSPS) is 13.7. The average molecular weight is 196 g/mol. The highest BCUT2D eigenvalue weighted by Gasteiger charge is 2.07. The number of nitrogens with one attached hydrogen (secondary N) is 1. The van der Waals surface area contributed by atoms with E-state index in [0.717, 1.165) is 17.7 Å². The Balaban J connectivity index is 2.52. The minimum absolute atomic E-state index is 0.00414. The number of aliphatic hydroxyl groups is 1. The van der Waals surface area contributed by atoms with Gasteiger partial charge in [0.05, 0.1) is 6.61 Å². The van der Waals surface area contributed by atoms with Crippen LogP contribution in [0.4, 0.5) is 0 Å². The topological polar surface area (TPSA) is 32.3 Å². The SMILES string of the molecule is OCc1cc2c(cc1Cl)C=CNC2. The fourth-order valence-electron chi connectivity index (χ4n) is 1.43. The Kier molecular flexibility index (Phi) is 2.25. The second-order valence-electron chi connectivity index (χ2n) is 3.01. The molecule has 13 heavy (non-hydrogen) atoms. The van der Waals surface area contributed by atoms with Crippen molar-refractivity contribution in [2.75, 3.05) is 0 Å². The predicted octanol–water partition coefficient (Wildman–Crippen LogP) is 1.91. The molecule has 2 nitrogen and oxygen atoms in total.